The Morgan fingerprint density at radius 3 is 2.10 bits per heavy atom. The van der Waals surface area contributed by atoms with Gasteiger partial charge in [-0.05, 0) is 95.1 Å². The van der Waals surface area contributed by atoms with Gasteiger partial charge >= 0.3 is 0 Å². The number of aryl methyl sites for hydroxylation is 2. The molecule has 0 aliphatic rings. The fourth-order valence-corrected chi connectivity index (χ4v) is 8.27. The highest BCUT2D eigenvalue weighted by atomic mass is 16.3. The molecule has 0 spiro atoms. The number of rotatable bonds is 7. The molecule has 0 saturated carbocycles. The van der Waals surface area contributed by atoms with Crippen LogP contribution >= 0.6 is 0 Å². The van der Waals surface area contributed by atoms with Gasteiger partial charge in [0, 0.05) is 44.4 Å². The van der Waals surface area contributed by atoms with Gasteiger partial charge in [-0.3, -0.25) is 5.41 Å². The van der Waals surface area contributed by atoms with Crippen molar-refractivity contribution in [3.05, 3.63) is 215 Å². The summed E-state index contributed by atoms with van der Waals surface area (Å²) in [6.07, 6.45) is 2.41. The first-order valence-corrected chi connectivity index (χ1v) is 19.8. The van der Waals surface area contributed by atoms with Crippen LogP contribution in [0.2, 0.25) is 0 Å². The highest BCUT2D eigenvalue weighted by molar-refractivity contribution is 6.16. The molecule has 10 rings (SSSR count). The van der Waals surface area contributed by atoms with Crippen LogP contribution in [0.5, 0.6) is 0 Å². The predicted molar refractivity (Wildman–Crippen MR) is 244 cm³/mol. The van der Waals surface area contributed by atoms with Crippen molar-refractivity contribution in [2.24, 2.45) is 9.98 Å². The van der Waals surface area contributed by atoms with Crippen molar-refractivity contribution in [1.82, 2.24) is 0 Å². The van der Waals surface area contributed by atoms with Crippen LogP contribution in [0, 0.1) is 19.3 Å². The van der Waals surface area contributed by atoms with E-state index in [-0.39, 0.29) is 5.84 Å². The van der Waals surface area contributed by atoms with Gasteiger partial charge in [-0.2, -0.15) is 0 Å². The summed E-state index contributed by atoms with van der Waals surface area (Å²) in [6.45, 7) is 4.35. The second kappa shape index (κ2) is 15.0. The van der Waals surface area contributed by atoms with E-state index in [0.717, 1.165) is 77.3 Å². The van der Waals surface area contributed by atoms with Gasteiger partial charge in [0.1, 0.15) is 22.3 Å². The third-order valence-corrected chi connectivity index (χ3v) is 11.2. The lowest BCUT2D eigenvalue weighted by Crippen LogP contribution is -2.08. The summed E-state index contributed by atoms with van der Waals surface area (Å²) in [5.74, 6) is 0.575. The van der Waals surface area contributed by atoms with E-state index in [1.54, 1.807) is 6.21 Å². The highest BCUT2D eigenvalue weighted by Crippen LogP contribution is 2.37. The first-order valence-electron chi connectivity index (χ1n) is 19.8. The van der Waals surface area contributed by atoms with Gasteiger partial charge in [0.05, 0.1) is 0 Å². The van der Waals surface area contributed by atoms with E-state index >= 15 is 0 Å². The molecule has 2 aromatic heterocycles. The van der Waals surface area contributed by atoms with Crippen molar-refractivity contribution in [2.45, 2.75) is 20.3 Å². The van der Waals surface area contributed by atoms with Crippen LogP contribution in [-0.2, 0) is 6.42 Å². The summed E-state index contributed by atoms with van der Waals surface area (Å²) < 4.78 is 12.8. The molecule has 59 heavy (non-hydrogen) atoms. The lowest BCUT2D eigenvalue weighted by Gasteiger charge is -2.12. The molecular formula is C54H39N3O2. The van der Waals surface area contributed by atoms with Crippen LogP contribution < -0.4 is 0 Å². The topological polar surface area (TPSA) is 74.8 Å². The smallest absolute Gasteiger partial charge is 0.161 e. The normalized spacial score (nSPS) is 12.1. The molecule has 0 unspecified atom stereocenters. The van der Waals surface area contributed by atoms with E-state index in [4.69, 9.17) is 24.2 Å². The zero-order chi connectivity index (χ0) is 39.9. The molecule has 0 atom stereocenters. The molecule has 1 N–H and O–H groups in total. The van der Waals surface area contributed by atoms with Crippen LogP contribution in [-0.4, -0.2) is 17.9 Å². The third-order valence-electron chi connectivity index (χ3n) is 11.2. The minimum Gasteiger partial charge on any atom is -0.456 e. The fourth-order valence-electron chi connectivity index (χ4n) is 8.27. The second-order valence-electron chi connectivity index (χ2n) is 15.0. The van der Waals surface area contributed by atoms with Gasteiger partial charge in [0.15, 0.2) is 11.7 Å². The van der Waals surface area contributed by atoms with Crippen molar-refractivity contribution < 1.29 is 8.83 Å². The van der Waals surface area contributed by atoms with E-state index in [2.05, 4.69) is 105 Å². The van der Waals surface area contributed by atoms with Crippen LogP contribution in [0.25, 0.3) is 66.1 Å². The van der Waals surface area contributed by atoms with Gasteiger partial charge < -0.3 is 8.83 Å². The molecule has 0 bridgehead atoms. The largest absolute Gasteiger partial charge is 0.456 e. The number of para-hydroxylation sites is 2. The summed E-state index contributed by atoms with van der Waals surface area (Å²) >= 11 is 0. The average molecular weight is 762 g/mol. The van der Waals surface area contributed by atoms with Crippen molar-refractivity contribution in [2.75, 3.05) is 0 Å². The Labute approximate surface area is 342 Å². The van der Waals surface area contributed by atoms with Gasteiger partial charge in [-0.1, -0.05) is 146 Å². The summed E-state index contributed by atoms with van der Waals surface area (Å²) in [5, 5.41) is 13.3. The Morgan fingerprint density at radius 1 is 0.542 bits per heavy atom. The Hall–Kier alpha value is -7.63. The average Bonchev–Trinajstić information content (AvgIpc) is 3.85. The molecule has 0 radical (unpaired) electrons. The van der Waals surface area contributed by atoms with Crippen LogP contribution in [0.3, 0.4) is 0 Å². The zero-order valence-corrected chi connectivity index (χ0v) is 32.7. The van der Waals surface area contributed by atoms with E-state index in [9.17, 15) is 0 Å². The van der Waals surface area contributed by atoms with Crippen molar-refractivity contribution in [1.29, 1.82) is 5.41 Å². The molecule has 282 valence electrons. The maximum absolute atomic E-state index is 9.04. The predicted octanol–water partition coefficient (Wildman–Crippen LogP) is 13.9. The number of furan rings is 2. The lowest BCUT2D eigenvalue weighted by atomic mass is 9.92. The minimum atomic E-state index is 0.132. The van der Waals surface area contributed by atoms with Gasteiger partial charge in [0.25, 0.3) is 0 Å². The Bertz CT molecular complexity index is 3290. The maximum Gasteiger partial charge on any atom is 0.161 e. The summed E-state index contributed by atoms with van der Waals surface area (Å²) in [5.41, 5.74) is 15.1. The highest BCUT2D eigenvalue weighted by Gasteiger charge is 2.17. The molecule has 0 amide bonds. The zero-order valence-electron chi connectivity index (χ0n) is 32.7. The van der Waals surface area contributed by atoms with Crippen molar-refractivity contribution >= 4 is 61.8 Å². The molecule has 5 nitrogen and oxygen atoms in total. The molecule has 0 saturated heterocycles. The maximum atomic E-state index is 9.04. The van der Waals surface area contributed by atoms with Gasteiger partial charge in [-0.25, -0.2) is 9.98 Å². The second-order valence-corrected chi connectivity index (χ2v) is 15.0. The first-order chi connectivity index (χ1) is 29.0. The van der Waals surface area contributed by atoms with E-state index in [1.807, 2.05) is 84.9 Å². The van der Waals surface area contributed by atoms with Crippen LogP contribution in [0.4, 0.5) is 0 Å². The lowest BCUT2D eigenvalue weighted by molar-refractivity contribution is 0.668. The summed E-state index contributed by atoms with van der Waals surface area (Å²) in [7, 11) is 0. The minimum absolute atomic E-state index is 0.132. The molecule has 0 aliphatic carbocycles. The number of fused-ring (bicyclic) bond motifs is 6. The Balaban J connectivity index is 1.05. The van der Waals surface area contributed by atoms with Crippen LogP contribution in [0.1, 0.15) is 38.9 Å². The summed E-state index contributed by atoms with van der Waals surface area (Å²) in [4.78, 5) is 9.94. The van der Waals surface area contributed by atoms with Crippen LogP contribution in [0.15, 0.2) is 195 Å². The SMILES string of the molecule is Cc1ccccc1-c1ccc(-c2ccc3oc4cccc(Cc5ccccc5C(=N/C(=N)c5ccccc5)/N=C/c5cccc6c5oc5ccccc56)c4c3c2)cc1C. The Kier molecular flexibility index (Phi) is 9.11. The number of benzene rings is 8. The van der Waals surface area contributed by atoms with Crippen molar-refractivity contribution in [3.63, 3.8) is 0 Å². The van der Waals surface area contributed by atoms with Crippen molar-refractivity contribution in [3.8, 4) is 22.3 Å². The molecule has 0 fully saturated rings. The van der Waals surface area contributed by atoms with Gasteiger partial charge in [-0.15, -0.1) is 0 Å². The van der Waals surface area contributed by atoms with E-state index < -0.39 is 0 Å². The number of nitrogens with zero attached hydrogens (tertiary/aromatic N) is 2. The van der Waals surface area contributed by atoms with E-state index in [0.29, 0.717) is 17.8 Å². The molecule has 5 heteroatoms. The molecule has 8 aromatic carbocycles. The number of hydrogen-bond donors (Lipinski definition) is 1. The molecule has 2 heterocycles. The Morgan fingerprint density at radius 2 is 1.22 bits per heavy atom. The van der Waals surface area contributed by atoms with E-state index in [1.165, 1.54) is 22.3 Å². The third kappa shape index (κ3) is 6.73. The number of nitrogens with one attached hydrogen (secondary N) is 1. The quantitative estimate of drug-likeness (QED) is 0.130. The number of aliphatic imine (C=N–C) groups is 2. The standard InChI is InChI=1S/C54H39N3O2/c1-34-14-6-8-20-42(34)43-28-26-37(30-35(43)2)38-27-29-49-47(32-38)51-40(18-13-25-50(51)58-49)31-39-17-7-9-21-44(39)54(57-53(55)36-15-4-3-5-16-36)56-33-41-19-12-23-46-45-22-10-11-24-48(45)59-52(41)46/h3-30,32-33,55H,31H2,1-2H3/b55-53?,56-33+,57-54-. The monoisotopic (exact) mass is 761 g/mol. The number of amidine groups is 2. The summed E-state index contributed by atoms with van der Waals surface area (Å²) in [6, 6.07) is 60.0. The number of hydrogen-bond acceptors (Lipinski definition) is 3. The first kappa shape index (κ1) is 35.8. The fraction of sp³-hybridized carbons (Fsp3) is 0.0556. The molecule has 10 aromatic rings. The molecular weight excluding hydrogens is 723 g/mol. The molecule has 0 aliphatic heterocycles. The van der Waals surface area contributed by atoms with Gasteiger partial charge in [0.2, 0.25) is 0 Å².